The number of hydrogen-bond donors (Lipinski definition) is 1. The Kier molecular flexibility index (Phi) is 3.43. The van der Waals surface area contributed by atoms with Crippen LogP contribution in [0.3, 0.4) is 0 Å². The number of carbonyl (C=O) groups excluding carboxylic acids is 1. The molecule has 0 bridgehead atoms. The maximum atomic E-state index is 12.3. The van der Waals surface area contributed by atoms with Gasteiger partial charge in [0.1, 0.15) is 6.26 Å². The summed E-state index contributed by atoms with van der Waals surface area (Å²) in [4.78, 5) is 25.3. The van der Waals surface area contributed by atoms with Crippen LogP contribution in [0.15, 0.2) is 41.1 Å². The molecule has 6 heteroatoms. The van der Waals surface area contributed by atoms with Crippen molar-refractivity contribution in [3.63, 3.8) is 0 Å². The van der Waals surface area contributed by atoms with E-state index in [1.807, 2.05) is 24.3 Å². The second-order valence-electron chi connectivity index (χ2n) is 5.03. The van der Waals surface area contributed by atoms with Crippen LogP contribution in [0.1, 0.15) is 22.7 Å². The summed E-state index contributed by atoms with van der Waals surface area (Å²) in [7, 11) is 0. The van der Waals surface area contributed by atoms with Crippen LogP contribution < -0.4 is 0 Å². The standard InChI is InChI=1S/C15H14N2O4/c18-14(7-11-5-6-21-16-11)17-8-10-3-1-2-4-12(10)13(9-17)15(19)20/h1-6,13H,7-9H2,(H,19,20). The van der Waals surface area contributed by atoms with Gasteiger partial charge in [-0.15, -0.1) is 0 Å². The fourth-order valence-corrected chi connectivity index (χ4v) is 2.60. The highest BCUT2D eigenvalue weighted by atomic mass is 16.5. The number of amides is 1. The minimum absolute atomic E-state index is 0.116. The highest BCUT2D eigenvalue weighted by Crippen LogP contribution is 2.28. The summed E-state index contributed by atoms with van der Waals surface area (Å²) in [6.07, 6.45) is 1.53. The Balaban J connectivity index is 1.82. The molecule has 1 aromatic heterocycles. The Morgan fingerprint density at radius 2 is 2.14 bits per heavy atom. The van der Waals surface area contributed by atoms with E-state index in [1.54, 1.807) is 11.0 Å². The molecule has 2 heterocycles. The van der Waals surface area contributed by atoms with Crippen molar-refractivity contribution in [2.75, 3.05) is 6.54 Å². The van der Waals surface area contributed by atoms with Gasteiger partial charge in [-0.1, -0.05) is 29.4 Å². The molecule has 6 nitrogen and oxygen atoms in total. The third-order valence-corrected chi connectivity index (χ3v) is 3.67. The smallest absolute Gasteiger partial charge is 0.312 e. The van der Waals surface area contributed by atoms with Crippen LogP contribution in [0, 0.1) is 0 Å². The van der Waals surface area contributed by atoms with Gasteiger partial charge < -0.3 is 14.5 Å². The number of benzene rings is 1. The van der Waals surface area contributed by atoms with Crippen LogP contribution in [0.4, 0.5) is 0 Å². The van der Waals surface area contributed by atoms with E-state index in [9.17, 15) is 14.7 Å². The molecule has 1 aliphatic heterocycles. The van der Waals surface area contributed by atoms with Gasteiger partial charge in [0.15, 0.2) is 0 Å². The van der Waals surface area contributed by atoms with Crippen molar-refractivity contribution in [1.82, 2.24) is 10.1 Å². The molecule has 0 radical (unpaired) electrons. The number of carboxylic acid groups (broad SMARTS) is 1. The molecular weight excluding hydrogens is 272 g/mol. The molecule has 0 saturated carbocycles. The van der Waals surface area contributed by atoms with Crippen molar-refractivity contribution in [3.05, 3.63) is 53.4 Å². The zero-order chi connectivity index (χ0) is 14.8. The molecule has 1 amide bonds. The molecule has 1 aromatic carbocycles. The summed E-state index contributed by atoms with van der Waals surface area (Å²) in [6, 6.07) is 8.98. The molecule has 108 valence electrons. The van der Waals surface area contributed by atoms with Gasteiger partial charge in [0.25, 0.3) is 0 Å². The quantitative estimate of drug-likeness (QED) is 0.922. The first-order valence-electron chi connectivity index (χ1n) is 6.63. The number of nitrogens with zero attached hydrogens (tertiary/aromatic N) is 2. The van der Waals surface area contributed by atoms with Crippen molar-refractivity contribution in [2.45, 2.75) is 18.9 Å². The molecule has 1 atom stereocenters. The summed E-state index contributed by atoms with van der Waals surface area (Å²) in [5.74, 6) is -1.75. The van der Waals surface area contributed by atoms with Gasteiger partial charge in [0.2, 0.25) is 5.91 Å². The average molecular weight is 286 g/mol. The van der Waals surface area contributed by atoms with Gasteiger partial charge in [-0.3, -0.25) is 9.59 Å². The minimum Gasteiger partial charge on any atom is -0.481 e. The highest BCUT2D eigenvalue weighted by Gasteiger charge is 2.32. The number of aromatic nitrogens is 1. The van der Waals surface area contributed by atoms with Crippen molar-refractivity contribution in [3.8, 4) is 0 Å². The van der Waals surface area contributed by atoms with Crippen molar-refractivity contribution in [1.29, 1.82) is 0 Å². The fourth-order valence-electron chi connectivity index (χ4n) is 2.60. The Labute approximate surface area is 121 Å². The number of carboxylic acids is 1. The van der Waals surface area contributed by atoms with Crippen LogP contribution >= 0.6 is 0 Å². The molecule has 0 aliphatic carbocycles. The van der Waals surface area contributed by atoms with Crippen molar-refractivity contribution >= 4 is 11.9 Å². The fraction of sp³-hybridized carbons (Fsp3) is 0.267. The van der Waals surface area contributed by atoms with Gasteiger partial charge >= 0.3 is 5.97 Å². The topological polar surface area (TPSA) is 83.6 Å². The maximum Gasteiger partial charge on any atom is 0.312 e. The molecule has 1 N–H and O–H groups in total. The molecule has 0 spiro atoms. The Morgan fingerprint density at radius 1 is 1.33 bits per heavy atom. The summed E-state index contributed by atoms with van der Waals surface area (Å²) < 4.78 is 4.70. The van der Waals surface area contributed by atoms with Gasteiger partial charge in [-0.05, 0) is 11.1 Å². The second kappa shape index (κ2) is 5.40. The Morgan fingerprint density at radius 3 is 2.86 bits per heavy atom. The van der Waals surface area contributed by atoms with Gasteiger partial charge in [-0.2, -0.15) is 0 Å². The average Bonchev–Trinajstić information content (AvgIpc) is 2.98. The lowest BCUT2D eigenvalue weighted by atomic mass is 9.89. The molecule has 21 heavy (non-hydrogen) atoms. The van der Waals surface area contributed by atoms with Crippen LogP contribution in [-0.2, 0) is 22.6 Å². The monoisotopic (exact) mass is 286 g/mol. The van der Waals surface area contributed by atoms with E-state index < -0.39 is 11.9 Å². The normalized spacial score (nSPS) is 17.3. The molecule has 3 rings (SSSR count). The second-order valence-corrected chi connectivity index (χ2v) is 5.03. The van der Waals surface area contributed by atoms with E-state index in [1.165, 1.54) is 6.26 Å². The van der Waals surface area contributed by atoms with Gasteiger partial charge in [0.05, 0.1) is 18.0 Å². The van der Waals surface area contributed by atoms with E-state index in [2.05, 4.69) is 5.16 Å². The zero-order valence-corrected chi connectivity index (χ0v) is 11.2. The van der Waals surface area contributed by atoms with E-state index >= 15 is 0 Å². The number of fused-ring (bicyclic) bond motifs is 1. The van der Waals surface area contributed by atoms with Gasteiger partial charge in [-0.25, -0.2) is 0 Å². The van der Waals surface area contributed by atoms with E-state index in [-0.39, 0.29) is 18.9 Å². The van der Waals surface area contributed by atoms with Crippen LogP contribution in [0.2, 0.25) is 0 Å². The molecule has 1 unspecified atom stereocenters. The third kappa shape index (κ3) is 2.65. The number of aliphatic carboxylic acids is 1. The first kappa shape index (κ1) is 13.4. The van der Waals surface area contributed by atoms with Crippen LogP contribution in [-0.4, -0.2) is 33.6 Å². The summed E-state index contributed by atoms with van der Waals surface area (Å²) in [5, 5.41) is 13.1. The molecule has 2 aromatic rings. The molecule has 1 aliphatic rings. The van der Waals surface area contributed by atoms with Crippen LogP contribution in [0.25, 0.3) is 0 Å². The minimum atomic E-state index is -0.915. The largest absolute Gasteiger partial charge is 0.481 e. The highest BCUT2D eigenvalue weighted by molar-refractivity contribution is 5.82. The van der Waals surface area contributed by atoms with Crippen molar-refractivity contribution in [2.24, 2.45) is 0 Å². The predicted octanol–water partition coefficient (Wildman–Crippen LogP) is 1.43. The lowest BCUT2D eigenvalue weighted by Gasteiger charge is -2.32. The lowest BCUT2D eigenvalue weighted by molar-refractivity contribution is -0.141. The number of rotatable bonds is 3. The zero-order valence-electron chi connectivity index (χ0n) is 11.2. The Bertz CT molecular complexity index is 666. The van der Waals surface area contributed by atoms with Gasteiger partial charge in [0, 0.05) is 19.2 Å². The van der Waals surface area contributed by atoms with E-state index in [0.29, 0.717) is 12.2 Å². The number of hydrogen-bond acceptors (Lipinski definition) is 4. The first-order valence-corrected chi connectivity index (χ1v) is 6.63. The predicted molar refractivity (Wildman–Crippen MR) is 72.4 cm³/mol. The van der Waals surface area contributed by atoms with E-state index in [4.69, 9.17) is 4.52 Å². The van der Waals surface area contributed by atoms with Crippen molar-refractivity contribution < 1.29 is 19.2 Å². The summed E-state index contributed by atoms with van der Waals surface area (Å²) >= 11 is 0. The molecule has 0 fully saturated rings. The SMILES string of the molecule is O=C(O)C1CN(C(=O)Cc2ccon2)Cc2ccccc21. The maximum absolute atomic E-state index is 12.3. The van der Waals surface area contributed by atoms with E-state index in [0.717, 1.165) is 11.1 Å². The number of carbonyl (C=O) groups is 2. The Hall–Kier alpha value is -2.63. The third-order valence-electron chi connectivity index (χ3n) is 3.67. The summed E-state index contributed by atoms with van der Waals surface area (Å²) in [6.45, 7) is 0.611. The first-order chi connectivity index (χ1) is 10.1. The molecular formula is C15H14N2O4. The van der Waals surface area contributed by atoms with Crippen LogP contribution in [0.5, 0.6) is 0 Å². The lowest BCUT2D eigenvalue weighted by Crippen LogP contribution is -2.41. The molecule has 0 saturated heterocycles. The summed E-state index contributed by atoms with van der Waals surface area (Å²) in [5.41, 5.74) is 2.21.